The summed E-state index contributed by atoms with van der Waals surface area (Å²) in [5.41, 5.74) is 0. The Morgan fingerprint density at radius 2 is 0.615 bits per heavy atom. The van der Waals surface area contributed by atoms with Crippen LogP contribution in [0.1, 0.15) is 135 Å². The van der Waals surface area contributed by atoms with E-state index in [4.69, 9.17) is 0 Å². The Hall–Kier alpha value is -1.08. The van der Waals surface area contributed by atoms with Crippen molar-refractivity contribution in [3.63, 3.8) is 0 Å². The van der Waals surface area contributed by atoms with Gasteiger partial charge in [0.25, 0.3) is 31.4 Å². The van der Waals surface area contributed by atoms with E-state index in [9.17, 15) is 28.8 Å². The quantitative estimate of drug-likeness (QED) is 0.0607. The highest BCUT2D eigenvalue weighted by Crippen LogP contribution is 2.43. The molecule has 6 amide bonds. The van der Waals surface area contributed by atoms with Crippen LogP contribution in [0.2, 0.25) is 0 Å². The molecule has 12 nitrogen and oxygen atoms in total. The number of hydrogen-bond acceptors (Lipinski definition) is 12. The predicted octanol–water partition coefficient (Wildman–Crippen LogP) is 12.1. The van der Waals surface area contributed by atoms with Gasteiger partial charge in [0.2, 0.25) is 0 Å². The summed E-state index contributed by atoms with van der Waals surface area (Å²) in [6, 6.07) is 0.526. The fourth-order valence-electron chi connectivity index (χ4n) is 10.9. The highest BCUT2D eigenvalue weighted by molar-refractivity contribution is 8.14. The average Bonchev–Trinajstić information content (AvgIpc) is 3.31. The molecule has 0 spiro atoms. The Labute approximate surface area is 417 Å². The number of rotatable bonds is 22. The van der Waals surface area contributed by atoms with Gasteiger partial charge in [-0.2, -0.15) is 0 Å². The topological polar surface area (TPSA) is 175 Å². The van der Waals surface area contributed by atoms with Crippen LogP contribution >= 0.6 is 70.6 Å². The summed E-state index contributed by atoms with van der Waals surface area (Å²) in [5.74, 6) is 9.85. The lowest BCUT2D eigenvalue weighted by molar-refractivity contribution is 0.169. The van der Waals surface area contributed by atoms with Gasteiger partial charge in [0, 0.05) is 74.8 Å². The lowest BCUT2D eigenvalue weighted by atomic mass is 9.71. The van der Waals surface area contributed by atoms with E-state index in [2.05, 4.69) is 31.9 Å². The zero-order chi connectivity index (χ0) is 46.8. The molecule has 4 fully saturated rings. The minimum Gasteiger partial charge on any atom is -0.350 e. The lowest BCUT2D eigenvalue weighted by Gasteiger charge is -2.36. The first kappa shape index (κ1) is 56.5. The van der Waals surface area contributed by atoms with Crippen molar-refractivity contribution in [3.8, 4) is 0 Å². The molecule has 65 heavy (non-hydrogen) atoms. The fourth-order valence-corrected chi connectivity index (χ4v) is 15.7. The van der Waals surface area contributed by atoms with Crippen molar-refractivity contribution in [1.29, 1.82) is 0 Å². The fraction of sp³-hybridized carbons (Fsp3) is 0.872. The number of nitrogens with one attached hydrogen (secondary N) is 6. The molecular weight excluding hydrogens is 937 g/mol. The summed E-state index contributed by atoms with van der Waals surface area (Å²) in [6.07, 6.45) is 23.3. The van der Waals surface area contributed by atoms with Crippen molar-refractivity contribution in [2.75, 3.05) is 62.7 Å². The van der Waals surface area contributed by atoms with Crippen molar-refractivity contribution in [2.45, 2.75) is 147 Å². The molecule has 6 atom stereocenters. The molecule has 6 N–H and O–H groups in total. The zero-order valence-corrected chi connectivity index (χ0v) is 44.7. The lowest BCUT2D eigenvalue weighted by Crippen LogP contribution is -2.37. The van der Waals surface area contributed by atoms with Crippen LogP contribution in [0.5, 0.6) is 0 Å². The standard InChI is InChI=1S/C47H82N6O6S6/c1-48-42(54)60-23-17-34-5-11-36(19-25-62-44(56)50-3)38(30-34)21-27-64-46(58)52-40-13-7-32(8-14-40)29-33-9-15-41(16-10-33)53-47(59)65-28-22-39-31-35(18-24-61-43(55)49-2)6-12-37(39)20-26-63-45(57)51-4/h32-41H,5-31H2,1-4H3,(H,48,54)(H,49,55)(H,50,56)(H,51,57)(H,52,58)(H,53,59). The molecule has 0 aliphatic heterocycles. The Bertz CT molecular complexity index is 1350. The van der Waals surface area contributed by atoms with E-state index in [1.54, 1.807) is 28.2 Å². The van der Waals surface area contributed by atoms with Crippen LogP contribution in [0.3, 0.4) is 0 Å². The molecule has 6 unspecified atom stereocenters. The second kappa shape index (κ2) is 32.7. The monoisotopic (exact) mass is 1020 g/mol. The Balaban J connectivity index is 1.08. The first-order chi connectivity index (χ1) is 31.5. The molecule has 0 aromatic heterocycles. The maximum atomic E-state index is 13.1. The molecule has 0 radical (unpaired) electrons. The van der Waals surface area contributed by atoms with E-state index < -0.39 is 0 Å². The van der Waals surface area contributed by atoms with Gasteiger partial charge in [0.15, 0.2) is 0 Å². The van der Waals surface area contributed by atoms with E-state index in [0.29, 0.717) is 35.5 Å². The van der Waals surface area contributed by atoms with Crippen molar-refractivity contribution in [3.05, 3.63) is 0 Å². The van der Waals surface area contributed by atoms with Crippen molar-refractivity contribution >= 4 is 102 Å². The molecule has 4 aliphatic rings. The first-order valence-electron chi connectivity index (χ1n) is 24.7. The minimum atomic E-state index is 0.0221. The van der Waals surface area contributed by atoms with E-state index in [-0.39, 0.29) is 43.5 Å². The number of carbonyl (C=O) groups excluding carboxylic acids is 6. The van der Waals surface area contributed by atoms with Crippen LogP contribution in [0.15, 0.2) is 0 Å². The van der Waals surface area contributed by atoms with Crippen LogP contribution in [0.25, 0.3) is 0 Å². The molecule has 0 aromatic carbocycles. The summed E-state index contributed by atoms with van der Waals surface area (Å²) >= 11 is 8.36. The maximum Gasteiger partial charge on any atom is 0.279 e. The summed E-state index contributed by atoms with van der Waals surface area (Å²) < 4.78 is 0. The number of carbonyl (C=O) groups is 6. The van der Waals surface area contributed by atoms with E-state index in [1.165, 1.54) is 116 Å². The normalized spacial score (nSPS) is 28.1. The Morgan fingerprint density at radius 1 is 0.338 bits per heavy atom. The third-order valence-corrected chi connectivity index (χ3v) is 20.0. The van der Waals surface area contributed by atoms with Crippen LogP contribution in [0.4, 0.5) is 28.8 Å². The van der Waals surface area contributed by atoms with E-state index in [1.807, 2.05) is 0 Å². The van der Waals surface area contributed by atoms with Crippen LogP contribution in [0, 0.1) is 47.3 Å². The van der Waals surface area contributed by atoms with Gasteiger partial charge in [0.05, 0.1) is 0 Å². The zero-order valence-electron chi connectivity index (χ0n) is 39.8. The third-order valence-electron chi connectivity index (χ3n) is 14.7. The van der Waals surface area contributed by atoms with Gasteiger partial charge >= 0.3 is 0 Å². The van der Waals surface area contributed by atoms with Crippen molar-refractivity contribution in [1.82, 2.24) is 31.9 Å². The van der Waals surface area contributed by atoms with Crippen molar-refractivity contribution < 1.29 is 28.8 Å². The molecule has 4 saturated carbocycles. The van der Waals surface area contributed by atoms with Gasteiger partial charge in [-0.25, -0.2) is 0 Å². The minimum absolute atomic E-state index is 0.0221. The molecule has 4 rings (SSSR count). The second-order valence-corrected chi connectivity index (χ2v) is 25.3. The highest BCUT2D eigenvalue weighted by Gasteiger charge is 2.33. The SMILES string of the molecule is CNC(=O)SCCC1CCC(CCSC(=O)NC)C(CCSC(=O)NC2CCC(CC3CCC(NC(=O)SCCC4CC(CCSC(=O)NC)CCC4CCSC(=O)NC)CC3)CC2)C1. The molecule has 18 heteroatoms. The number of thioether (sulfide) groups is 6. The largest absolute Gasteiger partial charge is 0.350 e. The summed E-state index contributed by atoms with van der Waals surface area (Å²) in [4.78, 5) is 73.3. The smallest absolute Gasteiger partial charge is 0.279 e. The Morgan fingerprint density at radius 3 is 0.938 bits per heavy atom. The first-order valence-corrected chi connectivity index (χ1v) is 30.6. The molecule has 0 bridgehead atoms. The second-order valence-electron chi connectivity index (χ2n) is 18.9. The van der Waals surface area contributed by atoms with Crippen LogP contribution < -0.4 is 31.9 Å². The van der Waals surface area contributed by atoms with Crippen LogP contribution in [-0.4, -0.2) is 106 Å². The summed E-state index contributed by atoms with van der Waals surface area (Å²) in [6.45, 7) is 0. The molecule has 0 aromatic rings. The number of amides is 6. The average molecular weight is 1020 g/mol. The maximum absolute atomic E-state index is 13.1. The number of hydrogen-bond donors (Lipinski definition) is 6. The van der Waals surface area contributed by atoms with Crippen molar-refractivity contribution in [2.24, 2.45) is 47.3 Å². The van der Waals surface area contributed by atoms with Gasteiger partial charge in [-0.1, -0.05) is 83.4 Å². The molecule has 4 aliphatic carbocycles. The summed E-state index contributed by atoms with van der Waals surface area (Å²) in [7, 11) is 6.71. The van der Waals surface area contributed by atoms with Gasteiger partial charge in [-0.05, 0) is 169 Å². The highest BCUT2D eigenvalue weighted by atomic mass is 32.2. The molecule has 0 saturated heterocycles. The van der Waals surface area contributed by atoms with Gasteiger partial charge in [-0.3, -0.25) is 28.8 Å². The third kappa shape index (κ3) is 22.9. The van der Waals surface area contributed by atoms with E-state index >= 15 is 0 Å². The molecule has 372 valence electrons. The Kier molecular flexibility index (Phi) is 28.4. The van der Waals surface area contributed by atoms with E-state index in [0.717, 1.165) is 136 Å². The molecular formula is C47H82N6O6S6. The van der Waals surface area contributed by atoms with Crippen LogP contribution in [-0.2, 0) is 0 Å². The van der Waals surface area contributed by atoms with Gasteiger partial charge < -0.3 is 31.9 Å². The van der Waals surface area contributed by atoms with Gasteiger partial charge in [0.1, 0.15) is 0 Å². The summed E-state index contributed by atoms with van der Waals surface area (Å²) in [5, 5.41) is 17.8. The predicted molar refractivity (Wildman–Crippen MR) is 282 cm³/mol. The molecule has 0 heterocycles. The van der Waals surface area contributed by atoms with Gasteiger partial charge in [-0.15, -0.1) is 0 Å².